The van der Waals surface area contributed by atoms with Crippen LogP contribution in [0.5, 0.6) is 0 Å². The third kappa shape index (κ3) is 5.31. The molecule has 3 aromatic rings. The summed E-state index contributed by atoms with van der Waals surface area (Å²) in [5.74, 6) is 0.903. The van der Waals surface area contributed by atoms with Gasteiger partial charge in [-0.15, -0.1) is 0 Å². The lowest BCUT2D eigenvalue weighted by Gasteiger charge is -2.24. The summed E-state index contributed by atoms with van der Waals surface area (Å²) in [6.45, 7) is 2.65. The number of amides is 2. The number of nitrogens with zero attached hydrogens (tertiary/aromatic N) is 2. The van der Waals surface area contributed by atoms with Gasteiger partial charge < -0.3 is 20.0 Å². The molecule has 1 aliphatic rings. The zero-order chi connectivity index (χ0) is 23.2. The number of carbonyl (C=O) groups excluding carboxylic acids is 2. The molecule has 172 valence electrons. The van der Waals surface area contributed by atoms with Gasteiger partial charge in [0.2, 0.25) is 17.7 Å². The molecule has 2 amide bonds. The molecule has 0 bridgehead atoms. The van der Waals surface area contributed by atoms with Crippen LogP contribution in [-0.2, 0) is 16.1 Å². The minimum atomic E-state index is -0.534. The fourth-order valence-corrected chi connectivity index (χ4v) is 4.00. The molecule has 0 aliphatic carbocycles. The Hall–Kier alpha value is -3.45. The topological polar surface area (TPSA) is 87.5 Å². The van der Waals surface area contributed by atoms with E-state index in [2.05, 4.69) is 10.6 Å². The van der Waals surface area contributed by atoms with Gasteiger partial charge in [-0.2, -0.15) is 0 Å². The van der Waals surface area contributed by atoms with Crippen molar-refractivity contribution >= 4 is 11.8 Å². The second-order valence-electron chi connectivity index (χ2n) is 8.34. The van der Waals surface area contributed by atoms with E-state index in [9.17, 15) is 9.59 Å². The van der Waals surface area contributed by atoms with Crippen molar-refractivity contribution in [1.29, 1.82) is 0 Å². The van der Waals surface area contributed by atoms with E-state index in [-0.39, 0.29) is 24.4 Å². The smallest absolute Gasteiger partial charge is 0.245 e. The molecule has 0 unspecified atom stereocenters. The lowest BCUT2D eigenvalue weighted by molar-refractivity contribution is -0.137. The molecule has 0 spiro atoms. The first-order valence-electron chi connectivity index (χ1n) is 11.4. The van der Waals surface area contributed by atoms with Gasteiger partial charge in [0.25, 0.3) is 0 Å². The van der Waals surface area contributed by atoms with Crippen LogP contribution in [0.1, 0.15) is 32.1 Å². The highest BCUT2D eigenvalue weighted by Gasteiger charge is 2.30. The Morgan fingerprint density at radius 1 is 1.09 bits per heavy atom. The Morgan fingerprint density at radius 2 is 1.76 bits per heavy atom. The quantitative estimate of drug-likeness (QED) is 0.579. The van der Waals surface area contributed by atoms with Crippen molar-refractivity contribution in [3.63, 3.8) is 0 Å². The summed E-state index contributed by atoms with van der Waals surface area (Å²) in [6, 6.07) is 18.9. The van der Waals surface area contributed by atoms with E-state index in [4.69, 9.17) is 9.40 Å². The van der Waals surface area contributed by atoms with Crippen molar-refractivity contribution in [1.82, 2.24) is 20.5 Å². The number of hydrogen-bond donors (Lipinski definition) is 2. The van der Waals surface area contributed by atoms with E-state index in [1.165, 1.54) is 0 Å². The van der Waals surface area contributed by atoms with Crippen LogP contribution in [0.15, 0.2) is 65.1 Å². The van der Waals surface area contributed by atoms with Gasteiger partial charge in [-0.1, -0.05) is 60.7 Å². The molecule has 7 nitrogen and oxygen atoms in total. The Balaban J connectivity index is 1.59. The van der Waals surface area contributed by atoms with Gasteiger partial charge in [-0.05, 0) is 33.2 Å². The van der Waals surface area contributed by atoms with Crippen molar-refractivity contribution in [3.05, 3.63) is 66.6 Å². The van der Waals surface area contributed by atoms with Crippen LogP contribution >= 0.6 is 0 Å². The molecule has 1 aromatic heterocycles. The molecule has 33 heavy (non-hydrogen) atoms. The third-order valence-electron chi connectivity index (χ3n) is 6.00. The third-order valence-corrected chi connectivity index (χ3v) is 6.00. The Morgan fingerprint density at radius 3 is 2.42 bits per heavy atom. The van der Waals surface area contributed by atoms with E-state index < -0.39 is 6.04 Å². The van der Waals surface area contributed by atoms with Crippen LogP contribution in [0, 0.1) is 0 Å². The van der Waals surface area contributed by atoms with Gasteiger partial charge in [-0.25, -0.2) is 4.98 Å². The standard InChI is InChI=1S/C26H30N4O3/c1-18(27-2)25(31)28-21-15-9-10-16-30(26(21)32)17-22-29-23(19-11-5-3-6-12-19)24(33-22)20-13-7-4-8-14-20/h3-8,11-14,18,21,27H,9-10,15-17H2,1-2H3,(H,28,31)/t18-,21-/m0/s1. The van der Waals surface area contributed by atoms with Crippen molar-refractivity contribution < 1.29 is 14.0 Å². The van der Waals surface area contributed by atoms with E-state index in [1.54, 1.807) is 18.9 Å². The molecule has 7 heteroatoms. The number of likely N-dealkylation sites (tertiary alicyclic amines) is 1. The zero-order valence-electron chi connectivity index (χ0n) is 19.1. The van der Waals surface area contributed by atoms with Crippen LogP contribution in [0.2, 0.25) is 0 Å². The molecule has 1 aliphatic heterocycles. The lowest BCUT2D eigenvalue weighted by Crippen LogP contribution is -2.51. The number of rotatable bonds is 7. The maximum Gasteiger partial charge on any atom is 0.245 e. The van der Waals surface area contributed by atoms with Gasteiger partial charge in [-0.3, -0.25) is 9.59 Å². The van der Waals surface area contributed by atoms with Crippen LogP contribution in [-0.4, -0.2) is 47.4 Å². The van der Waals surface area contributed by atoms with Crippen LogP contribution in [0.25, 0.3) is 22.6 Å². The molecule has 2 aromatic carbocycles. The summed E-state index contributed by atoms with van der Waals surface area (Å²) in [7, 11) is 1.72. The predicted octanol–water partition coefficient (Wildman–Crippen LogP) is 3.61. The minimum absolute atomic E-state index is 0.0927. The van der Waals surface area contributed by atoms with Gasteiger partial charge in [0.1, 0.15) is 11.7 Å². The first-order valence-corrected chi connectivity index (χ1v) is 11.4. The lowest BCUT2D eigenvalue weighted by atomic mass is 10.1. The largest absolute Gasteiger partial charge is 0.438 e. The van der Waals surface area contributed by atoms with E-state index in [0.29, 0.717) is 24.6 Å². The molecule has 2 atom stereocenters. The average Bonchev–Trinajstić information content (AvgIpc) is 3.21. The summed E-state index contributed by atoms with van der Waals surface area (Å²) >= 11 is 0. The first kappa shape index (κ1) is 22.7. The molecule has 2 heterocycles. The summed E-state index contributed by atoms with van der Waals surface area (Å²) in [5, 5.41) is 5.81. The normalized spacial score (nSPS) is 17.5. The van der Waals surface area contributed by atoms with E-state index >= 15 is 0 Å². The van der Waals surface area contributed by atoms with Gasteiger partial charge in [0.05, 0.1) is 12.6 Å². The highest BCUT2D eigenvalue weighted by atomic mass is 16.4. The summed E-state index contributed by atoms with van der Waals surface area (Å²) in [4.78, 5) is 32.1. The van der Waals surface area contributed by atoms with Gasteiger partial charge >= 0.3 is 0 Å². The van der Waals surface area contributed by atoms with Gasteiger partial charge in [0, 0.05) is 17.7 Å². The monoisotopic (exact) mass is 446 g/mol. The average molecular weight is 447 g/mol. The number of carbonyl (C=O) groups is 2. The predicted molar refractivity (Wildman–Crippen MR) is 127 cm³/mol. The van der Waals surface area contributed by atoms with Crippen LogP contribution < -0.4 is 10.6 Å². The molecule has 0 radical (unpaired) electrons. The highest BCUT2D eigenvalue weighted by Crippen LogP contribution is 2.33. The van der Waals surface area contributed by atoms with Crippen LogP contribution in [0.3, 0.4) is 0 Å². The van der Waals surface area contributed by atoms with Crippen molar-refractivity contribution in [3.8, 4) is 22.6 Å². The summed E-state index contributed by atoms with van der Waals surface area (Å²) in [5.41, 5.74) is 2.65. The molecule has 0 saturated carbocycles. The maximum absolute atomic E-state index is 13.2. The fraction of sp³-hybridized carbons (Fsp3) is 0.346. The van der Waals surface area contributed by atoms with Crippen molar-refractivity contribution in [2.24, 2.45) is 0 Å². The zero-order valence-corrected chi connectivity index (χ0v) is 19.1. The summed E-state index contributed by atoms with van der Waals surface area (Å²) in [6.07, 6.45) is 2.38. The molecular weight excluding hydrogens is 416 g/mol. The number of aromatic nitrogens is 1. The fourth-order valence-electron chi connectivity index (χ4n) is 4.00. The van der Waals surface area contributed by atoms with Crippen molar-refractivity contribution in [2.75, 3.05) is 13.6 Å². The minimum Gasteiger partial charge on any atom is -0.438 e. The number of benzene rings is 2. The Bertz CT molecular complexity index is 1020. The van der Waals surface area contributed by atoms with E-state index in [1.807, 2.05) is 60.7 Å². The first-order chi connectivity index (χ1) is 16.1. The maximum atomic E-state index is 13.2. The second-order valence-corrected chi connectivity index (χ2v) is 8.34. The van der Waals surface area contributed by atoms with E-state index in [0.717, 1.165) is 29.7 Å². The molecule has 1 fully saturated rings. The SMILES string of the molecule is CN[C@@H](C)C(=O)N[C@H]1CCCCN(Cc2nc(-c3ccccc3)c(-c3ccccc3)o2)C1=O. The molecule has 4 rings (SSSR count). The summed E-state index contributed by atoms with van der Waals surface area (Å²) < 4.78 is 6.22. The number of likely N-dealkylation sites (N-methyl/N-ethyl adjacent to an activating group) is 1. The molecule has 2 N–H and O–H groups in total. The van der Waals surface area contributed by atoms with Crippen LogP contribution in [0.4, 0.5) is 0 Å². The van der Waals surface area contributed by atoms with Crippen molar-refractivity contribution in [2.45, 2.75) is 44.8 Å². The highest BCUT2D eigenvalue weighted by molar-refractivity contribution is 5.89. The van der Waals surface area contributed by atoms with Gasteiger partial charge in [0.15, 0.2) is 5.76 Å². The Kier molecular flexibility index (Phi) is 7.19. The second kappa shape index (κ2) is 10.4. The number of hydrogen-bond acceptors (Lipinski definition) is 5. The number of oxazole rings is 1. The Labute approximate surface area is 194 Å². The number of nitrogens with one attached hydrogen (secondary N) is 2. The molecule has 1 saturated heterocycles. The molecular formula is C26H30N4O3.